The molecule has 42 heavy (non-hydrogen) atoms. The van der Waals surface area contributed by atoms with Crippen molar-refractivity contribution in [3.63, 3.8) is 0 Å². The van der Waals surface area contributed by atoms with Crippen LogP contribution < -0.4 is 4.90 Å². The van der Waals surface area contributed by atoms with Crippen molar-refractivity contribution in [2.75, 3.05) is 57.3 Å². The van der Waals surface area contributed by atoms with Crippen molar-refractivity contribution in [2.45, 2.75) is 39.2 Å². The van der Waals surface area contributed by atoms with Gasteiger partial charge in [-0.15, -0.1) is 0 Å². The summed E-state index contributed by atoms with van der Waals surface area (Å²) in [6, 6.07) is 14.7. The molecule has 0 radical (unpaired) electrons. The van der Waals surface area contributed by atoms with Crippen molar-refractivity contribution < 1.29 is 19.1 Å². The number of hydrogen-bond donors (Lipinski definition) is 0. The maximum Gasteiger partial charge on any atom is 0.414 e. The number of carbonyl (C=O) groups is 3. The first-order valence-electron chi connectivity index (χ1n) is 14.7. The third-order valence-corrected chi connectivity index (χ3v) is 9.23. The van der Waals surface area contributed by atoms with Gasteiger partial charge in [0.2, 0.25) is 5.91 Å². The van der Waals surface area contributed by atoms with E-state index < -0.39 is 0 Å². The third-order valence-electron chi connectivity index (χ3n) is 8.83. The molecule has 3 aliphatic heterocycles. The van der Waals surface area contributed by atoms with Crippen LogP contribution in [0.1, 0.15) is 47.7 Å². The van der Waals surface area contributed by atoms with Crippen LogP contribution in [0.3, 0.4) is 0 Å². The summed E-state index contributed by atoms with van der Waals surface area (Å²) < 4.78 is 5.91. The summed E-state index contributed by atoms with van der Waals surface area (Å²) in [6.45, 7) is 9.21. The van der Waals surface area contributed by atoms with Crippen LogP contribution in [-0.2, 0) is 9.53 Å². The number of ether oxygens (including phenoxy) is 1. The molecule has 2 aromatic carbocycles. The van der Waals surface area contributed by atoms with Crippen LogP contribution in [0.5, 0.6) is 0 Å². The highest BCUT2D eigenvalue weighted by atomic mass is 35.5. The average Bonchev–Trinajstić information content (AvgIpc) is 3.56. The fourth-order valence-corrected chi connectivity index (χ4v) is 6.57. The smallest absolute Gasteiger partial charge is 0.414 e. The molecular formula is C32H38ClN5O4. The minimum Gasteiger partial charge on any atom is -0.446 e. The predicted molar refractivity (Wildman–Crippen MR) is 160 cm³/mol. The van der Waals surface area contributed by atoms with Gasteiger partial charge in [0.05, 0.1) is 17.2 Å². The van der Waals surface area contributed by atoms with Crippen LogP contribution in [0.15, 0.2) is 42.5 Å². The molecule has 9 nitrogen and oxygen atoms in total. The van der Waals surface area contributed by atoms with Crippen LogP contribution in [-0.4, -0.2) is 91.1 Å². The van der Waals surface area contributed by atoms with Gasteiger partial charge >= 0.3 is 6.09 Å². The predicted octanol–water partition coefficient (Wildman–Crippen LogP) is 4.57. The maximum atomic E-state index is 13.4. The van der Waals surface area contributed by atoms with Gasteiger partial charge in [0, 0.05) is 76.3 Å². The highest BCUT2D eigenvalue weighted by molar-refractivity contribution is 6.31. The van der Waals surface area contributed by atoms with Crippen molar-refractivity contribution in [1.29, 1.82) is 5.26 Å². The van der Waals surface area contributed by atoms with Gasteiger partial charge in [0.1, 0.15) is 6.10 Å². The van der Waals surface area contributed by atoms with E-state index in [0.29, 0.717) is 79.2 Å². The Morgan fingerprint density at radius 2 is 1.71 bits per heavy atom. The van der Waals surface area contributed by atoms with Gasteiger partial charge in [0.25, 0.3) is 5.91 Å². The molecule has 3 saturated heterocycles. The van der Waals surface area contributed by atoms with Crippen molar-refractivity contribution in [2.24, 2.45) is 11.8 Å². The highest BCUT2D eigenvalue weighted by Gasteiger charge is 2.41. The summed E-state index contributed by atoms with van der Waals surface area (Å²) in [5, 5.41) is 9.99. The maximum absolute atomic E-state index is 13.4. The lowest BCUT2D eigenvalue weighted by atomic mass is 10.0. The number of piperidine rings is 1. The zero-order valence-corrected chi connectivity index (χ0v) is 25.1. The van der Waals surface area contributed by atoms with Gasteiger partial charge < -0.3 is 19.4 Å². The molecule has 222 valence electrons. The first-order valence-corrected chi connectivity index (χ1v) is 15.1. The third kappa shape index (κ3) is 6.71. The molecule has 0 spiro atoms. The second-order valence-electron chi connectivity index (χ2n) is 11.7. The van der Waals surface area contributed by atoms with Crippen molar-refractivity contribution >= 4 is 35.2 Å². The quantitative estimate of drug-likeness (QED) is 0.468. The number of amides is 3. The molecule has 3 heterocycles. The number of hydrogen-bond acceptors (Lipinski definition) is 6. The Hall–Kier alpha value is -3.61. The van der Waals surface area contributed by atoms with Gasteiger partial charge in [-0.1, -0.05) is 29.8 Å². The molecule has 2 atom stereocenters. The number of fused-ring (bicyclic) bond motifs is 1. The number of likely N-dealkylation sites (tertiary alicyclic amines) is 3. The van der Waals surface area contributed by atoms with E-state index in [2.05, 4.69) is 11.0 Å². The van der Waals surface area contributed by atoms with Crippen LogP contribution in [0.2, 0.25) is 5.02 Å². The summed E-state index contributed by atoms with van der Waals surface area (Å²) in [5.74, 6) is 0.790. The van der Waals surface area contributed by atoms with Gasteiger partial charge in [0.15, 0.2) is 0 Å². The number of benzene rings is 2. The number of carbonyl (C=O) groups excluding carboxylic acids is 3. The van der Waals surface area contributed by atoms with Gasteiger partial charge in [-0.3, -0.25) is 14.5 Å². The Morgan fingerprint density at radius 3 is 2.36 bits per heavy atom. The summed E-state index contributed by atoms with van der Waals surface area (Å²) in [5.41, 5.74) is 2.55. The number of aryl methyl sites for hydroxylation is 1. The number of halogens is 1. The molecule has 2 unspecified atom stereocenters. The molecule has 0 bridgehead atoms. The van der Waals surface area contributed by atoms with E-state index in [1.807, 2.05) is 30.0 Å². The summed E-state index contributed by atoms with van der Waals surface area (Å²) >= 11 is 6.41. The van der Waals surface area contributed by atoms with Crippen molar-refractivity contribution in [1.82, 2.24) is 14.7 Å². The van der Waals surface area contributed by atoms with Crippen LogP contribution in [0.25, 0.3) is 0 Å². The molecule has 3 aliphatic rings. The van der Waals surface area contributed by atoms with Crippen LogP contribution in [0.4, 0.5) is 10.5 Å². The second-order valence-corrected chi connectivity index (χ2v) is 12.1. The first-order chi connectivity index (χ1) is 20.2. The number of nitrogens with zero attached hydrogens (tertiary/aromatic N) is 5. The molecule has 3 fully saturated rings. The number of rotatable bonds is 7. The Bertz CT molecular complexity index is 1350. The Labute approximate surface area is 252 Å². The van der Waals surface area contributed by atoms with E-state index in [1.165, 1.54) is 0 Å². The summed E-state index contributed by atoms with van der Waals surface area (Å²) in [4.78, 5) is 45.9. The molecule has 10 heteroatoms. The largest absolute Gasteiger partial charge is 0.446 e. The van der Waals surface area contributed by atoms with Gasteiger partial charge in [-0.05, 0) is 61.6 Å². The zero-order valence-electron chi connectivity index (χ0n) is 24.3. The van der Waals surface area contributed by atoms with Crippen molar-refractivity contribution in [3.8, 4) is 6.07 Å². The van der Waals surface area contributed by atoms with E-state index in [4.69, 9.17) is 16.3 Å². The fraction of sp³-hybridized carbons (Fsp3) is 0.500. The monoisotopic (exact) mass is 591 g/mol. The molecular weight excluding hydrogens is 554 g/mol. The Balaban J connectivity index is 1.15. The lowest BCUT2D eigenvalue weighted by Gasteiger charge is -2.32. The van der Waals surface area contributed by atoms with Gasteiger partial charge in [-0.2, -0.15) is 5.26 Å². The van der Waals surface area contributed by atoms with Crippen molar-refractivity contribution in [3.05, 3.63) is 64.2 Å². The molecule has 0 N–H and O–H groups in total. The highest BCUT2D eigenvalue weighted by Crippen LogP contribution is 2.32. The molecule has 0 saturated carbocycles. The molecule has 2 aromatic rings. The second kappa shape index (κ2) is 13.1. The van der Waals surface area contributed by atoms with E-state index in [1.54, 1.807) is 41.0 Å². The Morgan fingerprint density at radius 1 is 1.02 bits per heavy atom. The molecule has 0 aromatic heterocycles. The standard InChI is InChI=1S/C32H38ClN5O4/c1-22-8-9-27(16-30(22)33)38(32(41)42-28-10-14-36(15-11-28)23(2)39)13-5-12-35-18-25-20-37(21-26(25)19-35)31(40)29-7-4-3-6-24(29)17-34/h3-4,6-9,16,25-26,28H,5,10-15,18-21H2,1-2H3. The SMILES string of the molecule is CC(=O)N1CCC(OC(=O)N(CCCN2CC3CN(C(=O)c4ccccc4C#N)CC3C2)c2ccc(C)c(Cl)c2)CC1. The van der Waals surface area contributed by atoms with E-state index >= 15 is 0 Å². The van der Waals surface area contributed by atoms with E-state index in [9.17, 15) is 19.6 Å². The lowest BCUT2D eigenvalue weighted by Crippen LogP contribution is -2.43. The fourth-order valence-electron chi connectivity index (χ4n) is 6.40. The molecule has 0 aliphatic carbocycles. The molecule has 3 amide bonds. The van der Waals surface area contributed by atoms with E-state index in [0.717, 1.165) is 31.6 Å². The topological polar surface area (TPSA) is 97.2 Å². The molecule has 5 rings (SSSR count). The minimum atomic E-state index is -0.388. The normalized spacial score (nSPS) is 20.7. The van der Waals surface area contributed by atoms with Crippen LogP contribution >= 0.6 is 11.6 Å². The summed E-state index contributed by atoms with van der Waals surface area (Å²) in [6.07, 6.45) is 1.42. The van der Waals surface area contributed by atoms with Gasteiger partial charge in [-0.25, -0.2) is 4.79 Å². The Kier molecular flexibility index (Phi) is 9.34. The minimum absolute atomic E-state index is 0.0467. The number of anilines is 1. The average molecular weight is 592 g/mol. The van der Waals surface area contributed by atoms with Crippen LogP contribution in [0, 0.1) is 30.1 Å². The van der Waals surface area contributed by atoms with E-state index in [-0.39, 0.29) is 24.0 Å². The summed E-state index contributed by atoms with van der Waals surface area (Å²) in [7, 11) is 0. The zero-order chi connectivity index (χ0) is 29.8. The first kappa shape index (κ1) is 29.9. The lowest BCUT2D eigenvalue weighted by molar-refractivity contribution is -0.130. The number of nitriles is 1.